The van der Waals surface area contributed by atoms with Gasteiger partial charge in [0.25, 0.3) is 17.2 Å². The van der Waals surface area contributed by atoms with E-state index in [2.05, 4.69) is 5.32 Å². The monoisotopic (exact) mass is 450 g/mol. The molecule has 2 unspecified atom stereocenters. The van der Waals surface area contributed by atoms with Crippen LogP contribution in [0.4, 0.5) is 11.4 Å². The zero-order valence-corrected chi connectivity index (χ0v) is 18.1. The van der Waals surface area contributed by atoms with Gasteiger partial charge in [0, 0.05) is 53.8 Å². The van der Waals surface area contributed by atoms with Gasteiger partial charge in [-0.1, -0.05) is 12.1 Å². The molecule has 0 radical (unpaired) electrons. The largest absolute Gasteiger partial charge is 0.365 e. The van der Waals surface area contributed by atoms with E-state index in [-0.39, 0.29) is 34.6 Å². The fourth-order valence-electron chi connectivity index (χ4n) is 4.85. The summed E-state index contributed by atoms with van der Waals surface area (Å²) in [6.45, 7) is 2.26. The summed E-state index contributed by atoms with van der Waals surface area (Å²) in [5, 5.41) is 16.6. The first kappa shape index (κ1) is 20.4. The Morgan fingerprint density at radius 2 is 2.03 bits per heavy atom. The molecule has 2 aromatic heterocycles. The zero-order valence-electron chi connectivity index (χ0n) is 17.3. The number of thiophene rings is 1. The number of anilines is 1. The Labute approximate surface area is 188 Å². The average molecular weight is 451 g/mol. The van der Waals surface area contributed by atoms with Gasteiger partial charge in [0.15, 0.2) is 0 Å². The number of nitrogens with zero attached hydrogens (tertiary/aromatic N) is 3. The van der Waals surface area contributed by atoms with E-state index in [0.29, 0.717) is 31.9 Å². The van der Waals surface area contributed by atoms with Gasteiger partial charge in [0.1, 0.15) is 5.69 Å². The van der Waals surface area contributed by atoms with Crippen molar-refractivity contribution in [2.24, 2.45) is 5.92 Å². The van der Waals surface area contributed by atoms with Crippen LogP contribution in [0.5, 0.6) is 0 Å². The maximum absolute atomic E-state index is 12.6. The van der Waals surface area contributed by atoms with Crippen LogP contribution in [-0.4, -0.2) is 28.5 Å². The Balaban J connectivity index is 1.40. The van der Waals surface area contributed by atoms with Gasteiger partial charge in [0.2, 0.25) is 0 Å². The molecule has 1 amide bonds. The molecule has 0 saturated carbocycles. The summed E-state index contributed by atoms with van der Waals surface area (Å²) in [5.74, 6) is 0.0522. The highest BCUT2D eigenvalue weighted by Gasteiger charge is 2.36. The number of hydrogen-bond donors (Lipinski definition) is 1. The number of carbonyl (C=O) groups excluding carboxylic acids is 1. The van der Waals surface area contributed by atoms with E-state index < -0.39 is 4.92 Å². The lowest BCUT2D eigenvalue weighted by Crippen LogP contribution is -2.47. The van der Waals surface area contributed by atoms with Crippen molar-refractivity contribution in [1.82, 2.24) is 9.88 Å². The zero-order chi connectivity index (χ0) is 22.2. The Morgan fingerprint density at radius 3 is 2.81 bits per heavy atom. The molecule has 1 fully saturated rings. The minimum Gasteiger partial charge on any atom is -0.365 e. The molecule has 32 heavy (non-hydrogen) atoms. The van der Waals surface area contributed by atoms with E-state index in [1.54, 1.807) is 35.6 Å². The van der Waals surface area contributed by atoms with Gasteiger partial charge >= 0.3 is 0 Å². The van der Waals surface area contributed by atoms with Gasteiger partial charge in [-0.05, 0) is 42.0 Å². The third kappa shape index (κ3) is 3.80. The second kappa shape index (κ2) is 8.23. The molecule has 0 aliphatic carbocycles. The first-order chi connectivity index (χ1) is 15.5. The van der Waals surface area contributed by atoms with Crippen LogP contribution in [0.15, 0.2) is 58.7 Å². The molecule has 2 aliphatic rings. The third-order valence-electron chi connectivity index (χ3n) is 6.26. The highest BCUT2D eigenvalue weighted by atomic mass is 32.1. The number of piperidine rings is 1. The third-order valence-corrected chi connectivity index (χ3v) is 7.13. The fraction of sp³-hybridized carbons (Fsp3) is 0.304. The number of amides is 1. The highest BCUT2D eigenvalue weighted by Crippen LogP contribution is 2.39. The van der Waals surface area contributed by atoms with Crippen LogP contribution in [0, 0.1) is 16.0 Å². The number of carbonyl (C=O) groups is 1. The minimum absolute atomic E-state index is 0.00884. The minimum atomic E-state index is -0.422. The van der Waals surface area contributed by atoms with E-state index >= 15 is 0 Å². The number of nitro benzene ring substituents is 1. The maximum atomic E-state index is 12.6. The number of nitrogens with one attached hydrogen (secondary N) is 1. The number of rotatable bonds is 5. The summed E-state index contributed by atoms with van der Waals surface area (Å²) >= 11 is 1.54. The van der Waals surface area contributed by atoms with Crippen molar-refractivity contribution in [3.8, 4) is 0 Å². The molecule has 5 rings (SSSR count). The van der Waals surface area contributed by atoms with E-state index in [0.717, 1.165) is 17.0 Å². The number of nitro groups is 1. The van der Waals surface area contributed by atoms with Crippen LogP contribution >= 0.6 is 11.3 Å². The second-order valence-corrected chi connectivity index (χ2v) is 9.36. The van der Waals surface area contributed by atoms with E-state index in [1.165, 1.54) is 6.07 Å². The Morgan fingerprint density at radius 1 is 1.16 bits per heavy atom. The number of hydrogen-bond acceptors (Lipinski definition) is 6. The SMILES string of the molecule is O=C(NCc1cccs1)c1ccc(N2CC3CC(C2)c2cccc(=O)n2C3)c([N+](=O)[O-])c1. The first-order valence-electron chi connectivity index (χ1n) is 10.5. The predicted octanol–water partition coefficient (Wildman–Crippen LogP) is 3.37. The lowest BCUT2D eigenvalue weighted by atomic mass is 9.83. The Bertz CT molecular complexity index is 1240. The maximum Gasteiger partial charge on any atom is 0.293 e. The van der Waals surface area contributed by atoms with Gasteiger partial charge < -0.3 is 14.8 Å². The summed E-state index contributed by atoms with van der Waals surface area (Å²) in [6.07, 6.45) is 0.969. The van der Waals surface area contributed by atoms with Crippen molar-refractivity contribution in [3.05, 3.63) is 90.5 Å². The number of fused-ring (bicyclic) bond motifs is 4. The van der Waals surface area contributed by atoms with Crippen molar-refractivity contribution in [3.63, 3.8) is 0 Å². The first-order valence-corrected chi connectivity index (χ1v) is 11.4. The molecule has 8 nitrogen and oxygen atoms in total. The Kier molecular flexibility index (Phi) is 5.26. The molecule has 1 saturated heterocycles. The van der Waals surface area contributed by atoms with Crippen LogP contribution in [-0.2, 0) is 13.1 Å². The topological polar surface area (TPSA) is 97.5 Å². The molecule has 9 heteroatoms. The van der Waals surface area contributed by atoms with Crippen LogP contribution in [0.2, 0.25) is 0 Å². The second-order valence-electron chi connectivity index (χ2n) is 8.33. The lowest BCUT2D eigenvalue weighted by molar-refractivity contribution is -0.384. The van der Waals surface area contributed by atoms with Gasteiger partial charge in [0.05, 0.1) is 11.5 Å². The average Bonchev–Trinajstić information content (AvgIpc) is 3.31. The van der Waals surface area contributed by atoms with Crippen LogP contribution < -0.4 is 15.8 Å². The summed E-state index contributed by atoms with van der Waals surface area (Å²) in [5.41, 5.74) is 1.72. The van der Waals surface area contributed by atoms with Crippen molar-refractivity contribution in [1.29, 1.82) is 0 Å². The highest BCUT2D eigenvalue weighted by molar-refractivity contribution is 7.09. The van der Waals surface area contributed by atoms with Gasteiger partial charge in [-0.15, -0.1) is 11.3 Å². The van der Waals surface area contributed by atoms with Gasteiger partial charge in [-0.25, -0.2) is 0 Å². The molecule has 2 aliphatic heterocycles. The molecule has 0 spiro atoms. The number of pyridine rings is 1. The molecule has 2 bridgehead atoms. The van der Waals surface area contributed by atoms with Crippen LogP contribution in [0.3, 0.4) is 0 Å². The van der Waals surface area contributed by atoms with Gasteiger partial charge in [-0.2, -0.15) is 0 Å². The van der Waals surface area contributed by atoms with Crippen molar-refractivity contribution in [2.45, 2.75) is 25.4 Å². The Hall–Kier alpha value is -3.46. The van der Waals surface area contributed by atoms with Crippen molar-refractivity contribution >= 4 is 28.6 Å². The van der Waals surface area contributed by atoms with E-state index in [9.17, 15) is 19.7 Å². The van der Waals surface area contributed by atoms with E-state index in [1.807, 2.05) is 33.0 Å². The molecular weight excluding hydrogens is 428 g/mol. The summed E-state index contributed by atoms with van der Waals surface area (Å²) in [6, 6.07) is 13.9. The number of benzene rings is 1. The molecular formula is C23H22N4O4S. The quantitative estimate of drug-likeness (QED) is 0.475. The van der Waals surface area contributed by atoms with Crippen molar-refractivity contribution in [2.75, 3.05) is 18.0 Å². The van der Waals surface area contributed by atoms with Gasteiger partial charge in [-0.3, -0.25) is 19.7 Å². The van der Waals surface area contributed by atoms with Crippen LogP contribution in [0.25, 0.3) is 0 Å². The summed E-state index contributed by atoms with van der Waals surface area (Å²) in [7, 11) is 0. The molecule has 2 atom stereocenters. The molecule has 1 N–H and O–H groups in total. The van der Waals surface area contributed by atoms with E-state index in [4.69, 9.17) is 0 Å². The standard InChI is InChI=1S/C23H22N4O4S/c28-22-5-1-4-19-17-9-15(13-26(19)22)12-25(14-17)20-7-6-16(10-21(20)27(30)31)23(29)24-11-18-3-2-8-32-18/h1-8,10,15,17H,9,11-14H2,(H,24,29). The molecule has 1 aromatic carbocycles. The molecule has 164 valence electrons. The fourth-order valence-corrected chi connectivity index (χ4v) is 5.50. The smallest absolute Gasteiger partial charge is 0.293 e. The van der Waals surface area contributed by atoms with Crippen molar-refractivity contribution < 1.29 is 9.72 Å². The molecule has 3 aromatic rings. The normalized spacial score (nSPS) is 19.3. The predicted molar refractivity (Wildman–Crippen MR) is 122 cm³/mol. The van der Waals surface area contributed by atoms with Crippen LogP contribution in [0.1, 0.15) is 33.3 Å². The number of aromatic nitrogens is 1. The summed E-state index contributed by atoms with van der Waals surface area (Å²) < 4.78 is 1.84. The summed E-state index contributed by atoms with van der Waals surface area (Å²) in [4.78, 5) is 39.3. The lowest BCUT2D eigenvalue weighted by Gasteiger charge is -2.43. The molecule has 4 heterocycles.